The fraction of sp³-hybridized carbons (Fsp3) is 1.00. The topological polar surface area (TPSA) is 29.3 Å². The van der Waals surface area contributed by atoms with Crippen molar-refractivity contribution in [1.82, 2.24) is 4.90 Å². The molecule has 0 aromatic heterocycles. The number of nitrogens with zero attached hydrogens (tertiary/aromatic N) is 1. The Morgan fingerprint density at radius 2 is 2.00 bits per heavy atom. The quantitative estimate of drug-likeness (QED) is 0.776. The summed E-state index contributed by atoms with van der Waals surface area (Å²) < 4.78 is 0. The molecule has 0 spiro atoms. The fourth-order valence-electron chi connectivity index (χ4n) is 2.11. The number of hydrogen-bond donors (Lipinski definition) is 1. The van der Waals surface area contributed by atoms with Crippen LogP contribution in [0.3, 0.4) is 0 Å². The summed E-state index contributed by atoms with van der Waals surface area (Å²) >= 11 is 0. The Kier molecular flexibility index (Phi) is 5.07. The second kappa shape index (κ2) is 5.86. The number of hydrogen-bond acceptors (Lipinski definition) is 2. The third-order valence-electron chi connectivity index (χ3n) is 3.77. The van der Waals surface area contributed by atoms with Gasteiger partial charge in [0, 0.05) is 0 Å². The summed E-state index contributed by atoms with van der Waals surface area (Å²) in [4.78, 5) is 2.63. The first kappa shape index (κ1) is 13.0. The van der Waals surface area contributed by atoms with Gasteiger partial charge in [0.15, 0.2) is 0 Å². The minimum absolute atomic E-state index is 0.317. The van der Waals surface area contributed by atoms with Crippen molar-refractivity contribution in [1.29, 1.82) is 0 Å². The first-order valence-electron chi connectivity index (χ1n) is 6.46. The summed E-state index contributed by atoms with van der Waals surface area (Å²) in [5.41, 5.74) is 6.07. The Morgan fingerprint density at radius 1 is 1.27 bits per heavy atom. The lowest BCUT2D eigenvalue weighted by molar-refractivity contribution is 0.225. The van der Waals surface area contributed by atoms with E-state index in [0.717, 1.165) is 12.5 Å². The zero-order valence-corrected chi connectivity index (χ0v) is 10.8. The van der Waals surface area contributed by atoms with Crippen molar-refractivity contribution >= 4 is 0 Å². The van der Waals surface area contributed by atoms with E-state index in [2.05, 4.69) is 25.7 Å². The Labute approximate surface area is 95.2 Å². The van der Waals surface area contributed by atoms with Gasteiger partial charge in [-0.3, -0.25) is 0 Å². The molecular weight excluding hydrogens is 184 g/mol. The van der Waals surface area contributed by atoms with E-state index in [1.165, 1.54) is 45.3 Å². The van der Waals surface area contributed by atoms with Crippen molar-refractivity contribution in [3.05, 3.63) is 0 Å². The second-order valence-corrected chi connectivity index (χ2v) is 6.00. The highest BCUT2D eigenvalue weighted by Gasteiger charge is 2.19. The van der Waals surface area contributed by atoms with Crippen molar-refractivity contribution in [2.45, 2.75) is 46.5 Å². The largest absolute Gasteiger partial charge is 0.330 e. The van der Waals surface area contributed by atoms with Crippen LogP contribution in [-0.4, -0.2) is 31.1 Å². The molecule has 1 atom stereocenters. The van der Waals surface area contributed by atoms with Gasteiger partial charge in [0.2, 0.25) is 0 Å². The smallest absolute Gasteiger partial charge is 0.00132 e. The van der Waals surface area contributed by atoms with Gasteiger partial charge in [-0.25, -0.2) is 0 Å². The lowest BCUT2D eigenvalue weighted by Crippen LogP contribution is -2.32. The summed E-state index contributed by atoms with van der Waals surface area (Å²) in [7, 11) is 0. The zero-order valence-electron chi connectivity index (χ0n) is 10.8. The number of rotatable bonds is 4. The van der Waals surface area contributed by atoms with Crippen LogP contribution in [0.4, 0.5) is 0 Å². The monoisotopic (exact) mass is 212 g/mol. The lowest BCUT2D eigenvalue weighted by Gasteiger charge is -2.27. The maximum Gasteiger partial charge on any atom is -0.00132 e. The maximum atomic E-state index is 5.76. The molecule has 1 heterocycles. The third-order valence-corrected chi connectivity index (χ3v) is 3.77. The normalized spacial score (nSPS) is 25.2. The highest BCUT2D eigenvalue weighted by atomic mass is 15.1. The van der Waals surface area contributed by atoms with E-state index >= 15 is 0 Å². The minimum Gasteiger partial charge on any atom is -0.330 e. The number of likely N-dealkylation sites (tertiary alicyclic amines) is 1. The van der Waals surface area contributed by atoms with Gasteiger partial charge in [-0.15, -0.1) is 0 Å². The van der Waals surface area contributed by atoms with Gasteiger partial charge in [-0.2, -0.15) is 0 Å². The molecule has 0 amide bonds. The van der Waals surface area contributed by atoms with Crippen LogP contribution in [0, 0.1) is 11.3 Å². The molecule has 1 saturated heterocycles. The molecule has 90 valence electrons. The van der Waals surface area contributed by atoms with Crippen LogP contribution in [0.15, 0.2) is 0 Å². The molecule has 2 N–H and O–H groups in total. The Balaban J connectivity index is 2.26. The molecule has 15 heavy (non-hydrogen) atoms. The Hall–Kier alpha value is -0.0800. The molecule has 1 aliphatic rings. The molecule has 1 fully saturated rings. The van der Waals surface area contributed by atoms with Gasteiger partial charge in [-0.05, 0) is 63.2 Å². The molecule has 0 saturated carbocycles. The van der Waals surface area contributed by atoms with Crippen molar-refractivity contribution in [3.63, 3.8) is 0 Å². The standard InChI is InChI=1S/C13H28N2/c1-12-5-4-8-15(9-6-12)10-7-13(2,3)11-14/h12H,4-11,14H2,1-3H3. The molecule has 0 bridgehead atoms. The highest BCUT2D eigenvalue weighted by molar-refractivity contribution is 4.74. The van der Waals surface area contributed by atoms with E-state index in [9.17, 15) is 0 Å². The van der Waals surface area contributed by atoms with E-state index in [1.54, 1.807) is 0 Å². The van der Waals surface area contributed by atoms with Crippen LogP contribution < -0.4 is 5.73 Å². The third kappa shape index (κ3) is 4.98. The van der Waals surface area contributed by atoms with E-state index in [4.69, 9.17) is 5.73 Å². The van der Waals surface area contributed by atoms with Crippen molar-refractivity contribution in [2.24, 2.45) is 17.1 Å². The summed E-state index contributed by atoms with van der Waals surface area (Å²) in [5.74, 6) is 0.928. The van der Waals surface area contributed by atoms with Crippen molar-refractivity contribution < 1.29 is 0 Å². The SMILES string of the molecule is CC1CCCN(CCC(C)(C)CN)CC1. The first-order chi connectivity index (χ1) is 7.03. The Morgan fingerprint density at radius 3 is 2.67 bits per heavy atom. The predicted molar refractivity (Wildman–Crippen MR) is 66.9 cm³/mol. The minimum atomic E-state index is 0.317. The highest BCUT2D eigenvalue weighted by Crippen LogP contribution is 2.21. The van der Waals surface area contributed by atoms with Gasteiger partial charge in [0.25, 0.3) is 0 Å². The molecule has 2 nitrogen and oxygen atoms in total. The van der Waals surface area contributed by atoms with Crippen LogP contribution >= 0.6 is 0 Å². The molecule has 1 rings (SSSR count). The molecule has 0 radical (unpaired) electrons. The van der Waals surface area contributed by atoms with Gasteiger partial charge >= 0.3 is 0 Å². The molecule has 0 aliphatic carbocycles. The summed E-state index contributed by atoms with van der Waals surface area (Å²) in [5, 5.41) is 0. The van der Waals surface area contributed by atoms with Crippen LogP contribution in [-0.2, 0) is 0 Å². The first-order valence-corrected chi connectivity index (χ1v) is 6.46. The van der Waals surface area contributed by atoms with Gasteiger partial charge in [0.1, 0.15) is 0 Å². The molecule has 1 aliphatic heterocycles. The predicted octanol–water partition coefficient (Wildman–Crippen LogP) is 2.48. The van der Waals surface area contributed by atoms with Crippen LogP contribution in [0.25, 0.3) is 0 Å². The number of nitrogens with two attached hydrogens (primary N) is 1. The second-order valence-electron chi connectivity index (χ2n) is 6.00. The van der Waals surface area contributed by atoms with E-state index in [0.29, 0.717) is 5.41 Å². The average molecular weight is 212 g/mol. The Bertz CT molecular complexity index is 177. The fourth-order valence-corrected chi connectivity index (χ4v) is 2.11. The maximum absolute atomic E-state index is 5.76. The zero-order chi connectivity index (χ0) is 11.3. The van der Waals surface area contributed by atoms with E-state index in [1.807, 2.05) is 0 Å². The molecule has 2 heteroatoms. The summed E-state index contributed by atoms with van der Waals surface area (Å²) in [6.45, 7) is 11.6. The summed E-state index contributed by atoms with van der Waals surface area (Å²) in [6.07, 6.45) is 5.40. The van der Waals surface area contributed by atoms with Crippen molar-refractivity contribution in [3.8, 4) is 0 Å². The summed E-state index contributed by atoms with van der Waals surface area (Å²) in [6, 6.07) is 0. The molecule has 0 aromatic carbocycles. The van der Waals surface area contributed by atoms with E-state index < -0.39 is 0 Å². The van der Waals surface area contributed by atoms with Crippen LogP contribution in [0.2, 0.25) is 0 Å². The van der Waals surface area contributed by atoms with E-state index in [-0.39, 0.29) is 0 Å². The molecule has 0 aromatic rings. The van der Waals surface area contributed by atoms with Crippen LogP contribution in [0.1, 0.15) is 46.5 Å². The van der Waals surface area contributed by atoms with Gasteiger partial charge in [0.05, 0.1) is 0 Å². The van der Waals surface area contributed by atoms with Crippen LogP contribution in [0.5, 0.6) is 0 Å². The van der Waals surface area contributed by atoms with Gasteiger partial charge < -0.3 is 10.6 Å². The van der Waals surface area contributed by atoms with Gasteiger partial charge in [-0.1, -0.05) is 20.8 Å². The lowest BCUT2D eigenvalue weighted by atomic mass is 9.89. The van der Waals surface area contributed by atoms with Crippen molar-refractivity contribution in [2.75, 3.05) is 26.2 Å². The average Bonchev–Trinajstić information content (AvgIpc) is 2.40. The molecular formula is C13H28N2. The molecule has 1 unspecified atom stereocenters.